The van der Waals surface area contributed by atoms with E-state index >= 15 is 0 Å². The predicted octanol–water partition coefficient (Wildman–Crippen LogP) is 4.24. The van der Waals surface area contributed by atoms with Gasteiger partial charge >= 0.3 is 5.97 Å². The third-order valence-electron chi connectivity index (χ3n) is 5.38. The fourth-order valence-corrected chi connectivity index (χ4v) is 4.06. The van der Waals surface area contributed by atoms with Crippen LogP contribution in [0.2, 0.25) is 0 Å². The van der Waals surface area contributed by atoms with Crippen LogP contribution in [0.25, 0.3) is 16.6 Å². The van der Waals surface area contributed by atoms with Gasteiger partial charge in [-0.15, -0.1) is 0 Å². The Morgan fingerprint density at radius 2 is 1.92 bits per heavy atom. The minimum atomic E-state index is -0.672. The third-order valence-corrected chi connectivity index (χ3v) is 5.38. The highest BCUT2D eigenvalue weighted by atomic mass is 16.4. The summed E-state index contributed by atoms with van der Waals surface area (Å²) in [5.41, 5.74) is 4.84. The van der Waals surface area contributed by atoms with E-state index < -0.39 is 5.97 Å². The number of benzene rings is 2. The molecule has 1 fully saturated rings. The van der Waals surface area contributed by atoms with Crippen LogP contribution in [0.4, 0.5) is 0 Å². The lowest BCUT2D eigenvalue weighted by Gasteiger charge is -2.31. The molecule has 0 amide bonds. The standard InChI is InChI=1S/C22H24N2O2/c1-16-7-2-4-10-20(16)24-19(13-17-8-3-5-11-21(17)24)15-23-12-6-9-18(14-23)22(25)26/h2-5,7-8,10-11,13,18H,6,9,12,14-15H2,1H3,(H,25,26). The molecule has 0 aliphatic carbocycles. The third kappa shape index (κ3) is 3.13. The van der Waals surface area contributed by atoms with Crippen molar-refractivity contribution < 1.29 is 9.90 Å². The number of rotatable bonds is 4. The molecule has 26 heavy (non-hydrogen) atoms. The summed E-state index contributed by atoms with van der Waals surface area (Å²) >= 11 is 0. The van der Waals surface area contributed by atoms with E-state index in [1.165, 1.54) is 27.8 Å². The maximum atomic E-state index is 11.4. The second-order valence-electron chi connectivity index (χ2n) is 7.23. The first-order valence-corrected chi connectivity index (χ1v) is 9.24. The number of fused-ring (bicyclic) bond motifs is 1. The Hall–Kier alpha value is -2.59. The van der Waals surface area contributed by atoms with Crippen molar-refractivity contribution in [1.82, 2.24) is 9.47 Å². The molecule has 1 aromatic heterocycles. The van der Waals surface area contributed by atoms with Gasteiger partial charge in [0.25, 0.3) is 0 Å². The normalized spacial score (nSPS) is 18.3. The zero-order chi connectivity index (χ0) is 18.1. The summed E-state index contributed by atoms with van der Waals surface area (Å²) in [6, 6.07) is 19.1. The van der Waals surface area contributed by atoms with Crippen molar-refractivity contribution in [3.63, 3.8) is 0 Å². The number of nitrogens with zero attached hydrogens (tertiary/aromatic N) is 2. The molecule has 1 saturated heterocycles. The predicted molar refractivity (Wildman–Crippen MR) is 104 cm³/mol. The molecule has 2 aromatic carbocycles. The van der Waals surface area contributed by atoms with E-state index in [1.807, 2.05) is 0 Å². The van der Waals surface area contributed by atoms with Gasteiger partial charge in [-0.1, -0.05) is 36.4 Å². The first-order chi connectivity index (χ1) is 12.6. The SMILES string of the molecule is Cc1ccccc1-n1c(CN2CCCC(C(=O)O)C2)cc2ccccc21. The van der Waals surface area contributed by atoms with Crippen molar-refractivity contribution in [3.05, 3.63) is 65.9 Å². The van der Waals surface area contributed by atoms with Gasteiger partial charge in [0.2, 0.25) is 0 Å². The topological polar surface area (TPSA) is 45.5 Å². The number of aryl methyl sites for hydroxylation is 1. The van der Waals surface area contributed by atoms with E-state index in [0.717, 1.165) is 25.9 Å². The van der Waals surface area contributed by atoms with Crippen LogP contribution < -0.4 is 0 Å². The summed E-state index contributed by atoms with van der Waals surface area (Å²) in [6.07, 6.45) is 1.73. The van der Waals surface area contributed by atoms with Crippen LogP contribution in [0, 0.1) is 12.8 Å². The quantitative estimate of drug-likeness (QED) is 0.767. The molecule has 3 aromatic rings. The maximum absolute atomic E-state index is 11.4. The summed E-state index contributed by atoms with van der Waals surface area (Å²) in [7, 11) is 0. The highest BCUT2D eigenvalue weighted by Crippen LogP contribution is 2.28. The molecule has 0 radical (unpaired) electrons. The number of aliphatic carboxylic acids is 1. The van der Waals surface area contributed by atoms with Gasteiger partial charge in [0.15, 0.2) is 0 Å². The Morgan fingerprint density at radius 1 is 1.15 bits per heavy atom. The van der Waals surface area contributed by atoms with Gasteiger partial charge in [-0.3, -0.25) is 9.69 Å². The van der Waals surface area contributed by atoms with E-state index in [4.69, 9.17) is 0 Å². The zero-order valence-corrected chi connectivity index (χ0v) is 15.1. The van der Waals surface area contributed by atoms with Crippen molar-refractivity contribution in [2.24, 2.45) is 5.92 Å². The van der Waals surface area contributed by atoms with E-state index in [0.29, 0.717) is 6.54 Å². The largest absolute Gasteiger partial charge is 0.481 e. The Balaban J connectivity index is 1.74. The van der Waals surface area contributed by atoms with Gasteiger partial charge < -0.3 is 9.67 Å². The Kier molecular flexibility index (Phi) is 4.51. The lowest BCUT2D eigenvalue weighted by Crippen LogP contribution is -2.38. The monoisotopic (exact) mass is 348 g/mol. The number of carboxylic acids is 1. The molecule has 0 bridgehead atoms. The number of aromatic nitrogens is 1. The van der Waals surface area contributed by atoms with Crippen LogP contribution in [0.3, 0.4) is 0 Å². The zero-order valence-electron chi connectivity index (χ0n) is 15.1. The van der Waals surface area contributed by atoms with Gasteiger partial charge in [-0.2, -0.15) is 0 Å². The average molecular weight is 348 g/mol. The minimum absolute atomic E-state index is 0.250. The van der Waals surface area contributed by atoms with Gasteiger partial charge in [0.1, 0.15) is 0 Å². The minimum Gasteiger partial charge on any atom is -0.481 e. The Bertz CT molecular complexity index is 944. The smallest absolute Gasteiger partial charge is 0.307 e. The number of hydrogen-bond donors (Lipinski definition) is 1. The first-order valence-electron chi connectivity index (χ1n) is 9.24. The lowest BCUT2D eigenvalue weighted by atomic mass is 9.98. The van der Waals surface area contributed by atoms with E-state index in [9.17, 15) is 9.90 Å². The molecule has 4 nitrogen and oxygen atoms in total. The molecule has 1 aliphatic rings. The molecule has 1 aliphatic heterocycles. The molecule has 1 atom stereocenters. The molecule has 134 valence electrons. The van der Waals surface area contributed by atoms with Crippen LogP contribution in [-0.4, -0.2) is 33.6 Å². The average Bonchev–Trinajstić information content (AvgIpc) is 3.00. The summed E-state index contributed by atoms with van der Waals surface area (Å²) in [5, 5.41) is 10.6. The second kappa shape index (κ2) is 6.96. The number of piperidine rings is 1. The highest BCUT2D eigenvalue weighted by molar-refractivity contribution is 5.83. The van der Waals surface area contributed by atoms with Crippen LogP contribution in [-0.2, 0) is 11.3 Å². The van der Waals surface area contributed by atoms with Gasteiger partial charge in [0.05, 0.1) is 11.4 Å². The maximum Gasteiger partial charge on any atom is 0.307 e. The lowest BCUT2D eigenvalue weighted by molar-refractivity contribution is -0.143. The number of likely N-dealkylation sites (tertiary alicyclic amines) is 1. The van der Waals surface area contributed by atoms with Gasteiger partial charge in [-0.05, 0) is 50.1 Å². The van der Waals surface area contributed by atoms with Gasteiger partial charge in [0, 0.05) is 29.9 Å². The highest BCUT2D eigenvalue weighted by Gasteiger charge is 2.26. The van der Waals surface area contributed by atoms with E-state index in [2.05, 4.69) is 71.0 Å². The molecular weight excluding hydrogens is 324 g/mol. The molecule has 0 spiro atoms. The molecule has 4 rings (SSSR count). The summed E-state index contributed by atoms with van der Waals surface area (Å²) in [5.74, 6) is -0.922. The van der Waals surface area contributed by atoms with Crippen molar-refractivity contribution in [2.75, 3.05) is 13.1 Å². The summed E-state index contributed by atoms with van der Waals surface area (Å²) in [6.45, 7) is 4.49. The number of hydrogen-bond acceptors (Lipinski definition) is 2. The molecule has 0 saturated carbocycles. The first kappa shape index (κ1) is 16.9. The van der Waals surface area contributed by atoms with Crippen molar-refractivity contribution in [3.8, 4) is 5.69 Å². The number of para-hydroxylation sites is 2. The summed E-state index contributed by atoms with van der Waals surface area (Å²) < 4.78 is 2.33. The fraction of sp³-hybridized carbons (Fsp3) is 0.318. The number of carboxylic acid groups (broad SMARTS) is 1. The van der Waals surface area contributed by atoms with Crippen molar-refractivity contribution in [2.45, 2.75) is 26.3 Å². The molecule has 1 N–H and O–H groups in total. The van der Waals surface area contributed by atoms with Crippen LogP contribution in [0.5, 0.6) is 0 Å². The molecular formula is C22H24N2O2. The van der Waals surface area contributed by atoms with Crippen molar-refractivity contribution in [1.29, 1.82) is 0 Å². The molecule has 2 heterocycles. The Labute approximate surface area is 153 Å². The van der Waals surface area contributed by atoms with Crippen LogP contribution in [0.15, 0.2) is 54.6 Å². The molecule has 1 unspecified atom stereocenters. The van der Waals surface area contributed by atoms with Crippen LogP contribution >= 0.6 is 0 Å². The van der Waals surface area contributed by atoms with E-state index in [1.54, 1.807) is 0 Å². The van der Waals surface area contributed by atoms with Crippen LogP contribution in [0.1, 0.15) is 24.1 Å². The number of carbonyl (C=O) groups is 1. The van der Waals surface area contributed by atoms with Gasteiger partial charge in [-0.25, -0.2) is 0 Å². The van der Waals surface area contributed by atoms with Crippen molar-refractivity contribution >= 4 is 16.9 Å². The Morgan fingerprint density at radius 3 is 2.73 bits per heavy atom. The summed E-state index contributed by atoms with van der Waals surface area (Å²) in [4.78, 5) is 13.7. The fourth-order valence-electron chi connectivity index (χ4n) is 4.06. The van der Waals surface area contributed by atoms with E-state index in [-0.39, 0.29) is 5.92 Å². The second-order valence-corrected chi connectivity index (χ2v) is 7.23. The molecule has 4 heteroatoms.